The molecule has 1 N–H and O–H groups in total. The summed E-state index contributed by atoms with van der Waals surface area (Å²) < 4.78 is 9.44. The summed E-state index contributed by atoms with van der Waals surface area (Å²) in [6, 6.07) is 54.1. The van der Waals surface area contributed by atoms with Crippen LogP contribution in [0, 0.1) is 0 Å². The van der Waals surface area contributed by atoms with Gasteiger partial charge in [0, 0.05) is 50.7 Å². The first-order valence-corrected chi connectivity index (χ1v) is 25.0. The molecule has 1 unspecified atom stereocenters. The Morgan fingerprint density at radius 2 is 1.26 bits per heavy atom. The number of aromatic nitrogens is 3. The minimum atomic E-state index is -0.255. The van der Waals surface area contributed by atoms with Crippen LogP contribution >= 0.6 is 0 Å². The molecule has 350 valence electrons. The summed E-state index contributed by atoms with van der Waals surface area (Å²) >= 11 is 0. The Morgan fingerprint density at radius 1 is 0.614 bits per heavy atom. The quantitative estimate of drug-likeness (QED) is 0.165. The van der Waals surface area contributed by atoms with E-state index < -0.39 is 0 Å². The van der Waals surface area contributed by atoms with Crippen LogP contribution in [-0.4, -0.2) is 19.6 Å². The molecule has 5 nitrogen and oxygen atoms in total. The van der Waals surface area contributed by atoms with Crippen molar-refractivity contribution in [3.63, 3.8) is 0 Å². The molecule has 70 heavy (non-hydrogen) atoms. The molecule has 0 radical (unpaired) electrons. The number of hydrogen-bond donors (Lipinski definition) is 1. The van der Waals surface area contributed by atoms with Crippen LogP contribution in [-0.2, 0) is 16.2 Å². The van der Waals surface area contributed by atoms with E-state index in [0.29, 0.717) is 28.8 Å². The number of para-hydroxylation sites is 2. The molecule has 1 aliphatic carbocycles. The standard InChI is InChI=1S/C65H63N3O2/c1-38(2)46-24-18-25-47(39(3)4)55(46)41-32-33-66-52(37-41)43-34-42(35-44(36-43)63(5,6)7)48-26-19-27-53-58(48)67-62(68(53)45-22-16-13-17-23-45)56-54(69)31-29-49-50-28-30-51-57(60(50)70-59(49)56)65(10,11)61(64(51,8)9)40-20-14-12-15-21-40/h12-39,61,69H,1-11H3. The summed E-state index contributed by atoms with van der Waals surface area (Å²) in [5, 5.41) is 14.2. The number of phenols is 1. The highest BCUT2D eigenvalue weighted by Crippen LogP contribution is 2.61. The number of imidazole rings is 1. The average molecular weight is 918 g/mol. The van der Waals surface area contributed by atoms with Gasteiger partial charge in [-0.15, -0.1) is 0 Å². The van der Waals surface area contributed by atoms with E-state index in [9.17, 15) is 5.11 Å². The third kappa shape index (κ3) is 7.10. The number of rotatable bonds is 8. The lowest BCUT2D eigenvalue weighted by Crippen LogP contribution is -2.31. The number of benzene rings is 7. The van der Waals surface area contributed by atoms with Gasteiger partial charge in [-0.3, -0.25) is 9.55 Å². The van der Waals surface area contributed by atoms with Gasteiger partial charge in [0.2, 0.25) is 0 Å². The third-order valence-corrected chi connectivity index (χ3v) is 15.5. The summed E-state index contributed by atoms with van der Waals surface area (Å²) in [4.78, 5) is 10.7. The van der Waals surface area contributed by atoms with Crippen molar-refractivity contribution < 1.29 is 9.52 Å². The minimum Gasteiger partial charge on any atom is -0.507 e. The molecule has 0 aliphatic heterocycles. The Bertz CT molecular complexity index is 3630. The Labute approximate surface area is 412 Å². The maximum atomic E-state index is 12.2. The number of hydrogen-bond acceptors (Lipinski definition) is 4. The van der Waals surface area contributed by atoms with Crippen molar-refractivity contribution in [2.75, 3.05) is 0 Å². The fourth-order valence-electron chi connectivity index (χ4n) is 12.3. The fraction of sp³-hybridized carbons (Fsp3) is 0.262. The monoisotopic (exact) mass is 917 g/mol. The molecular weight excluding hydrogens is 855 g/mol. The van der Waals surface area contributed by atoms with Crippen LogP contribution in [0.1, 0.15) is 127 Å². The summed E-state index contributed by atoms with van der Waals surface area (Å²) in [5.41, 5.74) is 18.4. The van der Waals surface area contributed by atoms with Gasteiger partial charge < -0.3 is 9.52 Å². The molecular formula is C65H63N3O2. The van der Waals surface area contributed by atoms with Crippen molar-refractivity contribution >= 4 is 33.0 Å². The number of aromatic hydroxyl groups is 1. The lowest BCUT2D eigenvalue weighted by molar-refractivity contribution is 0.330. The van der Waals surface area contributed by atoms with E-state index in [1.807, 2.05) is 18.3 Å². The number of pyridine rings is 1. The summed E-state index contributed by atoms with van der Waals surface area (Å²) in [7, 11) is 0. The Kier molecular flexibility index (Phi) is 10.6. The van der Waals surface area contributed by atoms with Crippen molar-refractivity contribution in [2.24, 2.45) is 0 Å². The molecule has 0 saturated carbocycles. The molecule has 1 atom stereocenters. The zero-order valence-electron chi connectivity index (χ0n) is 42.4. The highest BCUT2D eigenvalue weighted by atomic mass is 16.3. The first kappa shape index (κ1) is 45.2. The zero-order chi connectivity index (χ0) is 49.0. The van der Waals surface area contributed by atoms with Gasteiger partial charge in [-0.2, -0.15) is 0 Å². The van der Waals surface area contributed by atoms with Crippen molar-refractivity contribution in [2.45, 2.75) is 110 Å². The molecule has 0 spiro atoms. The zero-order valence-corrected chi connectivity index (χ0v) is 42.4. The predicted octanol–water partition coefficient (Wildman–Crippen LogP) is 17.6. The Hall–Kier alpha value is -7.24. The molecule has 11 rings (SSSR count). The van der Waals surface area contributed by atoms with Crippen LogP contribution in [0.15, 0.2) is 162 Å². The van der Waals surface area contributed by atoms with Crippen molar-refractivity contribution in [3.8, 4) is 56.3 Å². The van der Waals surface area contributed by atoms with Gasteiger partial charge >= 0.3 is 0 Å². The average Bonchev–Trinajstić information content (AvgIpc) is 3.96. The lowest BCUT2D eigenvalue weighted by atomic mass is 9.67. The second kappa shape index (κ2) is 16.4. The predicted molar refractivity (Wildman–Crippen MR) is 292 cm³/mol. The molecule has 0 fully saturated rings. The van der Waals surface area contributed by atoms with Gasteiger partial charge in [-0.05, 0) is 122 Å². The highest BCUT2D eigenvalue weighted by Gasteiger charge is 2.53. The van der Waals surface area contributed by atoms with E-state index in [1.165, 1.54) is 44.5 Å². The van der Waals surface area contributed by atoms with Crippen LogP contribution in [0.3, 0.4) is 0 Å². The first-order valence-electron chi connectivity index (χ1n) is 25.0. The number of phenolic OH excluding ortho intramolecular Hbond substituents is 1. The largest absolute Gasteiger partial charge is 0.507 e. The normalized spacial score (nSPS) is 15.5. The van der Waals surface area contributed by atoms with Gasteiger partial charge in [0.05, 0.1) is 16.7 Å². The van der Waals surface area contributed by atoms with Crippen molar-refractivity contribution in [1.82, 2.24) is 14.5 Å². The van der Waals surface area contributed by atoms with Crippen LogP contribution in [0.2, 0.25) is 0 Å². The van der Waals surface area contributed by atoms with E-state index in [-0.39, 0.29) is 27.9 Å². The highest BCUT2D eigenvalue weighted by molar-refractivity contribution is 6.12. The topological polar surface area (TPSA) is 64.1 Å². The van der Waals surface area contributed by atoms with Gasteiger partial charge in [0.25, 0.3) is 0 Å². The van der Waals surface area contributed by atoms with Gasteiger partial charge in [0.15, 0.2) is 5.82 Å². The molecule has 3 heterocycles. The molecule has 1 aliphatic rings. The summed E-state index contributed by atoms with van der Waals surface area (Å²) in [6.45, 7) is 25.4. The van der Waals surface area contributed by atoms with Crippen LogP contribution < -0.4 is 0 Å². The van der Waals surface area contributed by atoms with Gasteiger partial charge in [0.1, 0.15) is 22.5 Å². The molecule has 7 aromatic carbocycles. The van der Waals surface area contributed by atoms with E-state index in [0.717, 1.165) is 55.5 Å². The minimum absolute atomic E-state index is 0.113. The van der Waals surface area contributed by atoms with Crippen LogP contribution in [0.25, 0.3) is 83.6 Å². The molecule has 10 aromatic rings. The molecule has 0 saturated heterocycles. The second-order valence-electron chi connectivity index (χ2n) is 22.5. The Morgan fingerprint density at radius 3 is 1.94 bits per heavy atom. The summed E-state index contributed by atoms with van der Waals surface area (Å²) in [6.07, 6.45) is 1.96. The lowest BCUT2D eigenvalue weighted by Gasteiger charge is -2.36. The molecule has 0 amide bonds. The Balaban J connectivity index is 1.13. The molecule has 0 bridgehead atoms. The summed E-state index contributed by atoms with van der Waals surface area (Å²) in [5.74, 6) is 1.69. The van der Waals surface area contributed by atoms with E-state index >= 15 is 0 Å². The number of nitrogens with zero attached hydrogens (tertiary/aromatic N) is 3. The SMILES string of the molecule is CC(C)c1cccc(C(C)C)c1-c1ccnc(-c2cc(-c3cccc4c3nc(-c3c(O)ccc5c3oc3c6c(ccc35)C(C)(C)C(c3ccccc3)C6(C)C)n4-c3ccccc3)cc(C(C)(C)C)c2)c1. The maximum Gasteiger partial charge on any atom is 0.153 e. The van der Waals surface area contributed by atoms with Gasteiger partial charge in [-0.25, -0.2) is 4.98 Å². The molecule has 3 aromatic heterocycles. The first-order chi connectivity index (χ1) is 33.4. The number of fused-ring (bicyclic) bond motifs is 6. The van der Waals surface area contributed by atoms with Gasteiger partial charge in [-0.1, -0.05) is 173 Å². The number of furan rings is 1. The second-order valence-corrected chi connectivity index (χ2v) is 22.5. The fourth-order valence-corrected chi connectivity index (χ4v) is 12.3. The van der Waals surface area contributed by atoms with Crippen molar-refractivity contribution in [3.05, 3.63) is 191 Å². The van der Waals surface area contributed by atoms with E-state index in [2.05, 4.69) is 214 Å². The molecule has 5 heteroatoms. The van der Waals surface area contributed by atoms with Crippen molar-refractivity contribution in [1.29, 1.82) is 0 Å². The third-order valence-electron chi connectivity index (χ3n) is 15.5. The van der Waals surface area contributed by atoms with E-state index in [4.69, 9.17) is 14.4 Å². The van der Waals surface area contributed by atoms with Crippen LogP contribution in [0.4, 0.5) is 0 Å². The van der Waals surface area contributed by atoms with E-state index in [1.54, 1.807) is 6.07 Å². The smallest absolute Gasteiger partial charge is 0.153 e. The van der Waals surface area contributed by atoms with Crippen LogP contribution in [0.5, 0.6) is 5.75 Å². The maximum absolute atomic E-state index is 12.2.